The molecule has 132 valence electrons. The van der Waals surface area contributed by atoms with Gasteiger partial charge in [0.15, 0.2) is 11.0 Å². The van der Waals surface area contributed by atoms with Crippen molar-refractivity contribution in [3.8, 4) is 11.5 Å². The predicted octanol–water partition coefficient (Wildman–Crippen LogP) is 2.53. The number of benzene rings is 2. The van der Waals surface area contributed by atoms with E-state index in [2.05, 4.69) is 35.1 Å². The van der Waals surface area contributed by atoms with Crippen LogP contribution in [0.3, 0.4) is 0 Å². The van der Waals surface area contributed by atoms with E-state index in [1.807, 2.05) is 37.6 Å². The maximum atomic E-state index is 10.4. The highest BCUT2D eigenvalue weighted by Crippen LogP contribution is 2.19. The topological polar surface area (TPSA) is 47.5 Å². The Hall–Kier alpha value is -2.53. The summed E-state index contributed by atoms with van der Waals surface area (Å²) >= 11 is 0. The molecule has 3 aromatic rings. The zero-order valence-electron chi connectivity index (χ0n) is 15.2. The summed E-state index contributed by atoms with van der Waals surface area (Å²) < 4.78 is 15.0. The monoisotopic (exact) mass is 341 g/mol. The molecule has 0 saturated carbocycles. The van der Waals surface area contributed by atoms with Crippen molar-refractivity contribution < 1.29 is 19.1 Å². The average Bonchev–Trinajstić information content (AvgIpc) is 2.89. The van der Waals surface area contributed by atoms with Gasteiger partial charge in [-0.3, -0.25) is 0 Å². The van der Waals surface area contributed by atoms with E-state index in [0.29, 0.717) is 12.3 Å². The summed E-state index contributed by atoms with van der Waals surface area (Å²) in [7, 11) is 3.65. The van der Waals surface area contributed by atoms with Crippen molar-refractivity contribution in [1.29, 1.82) is 0 Å². The van der Waals surface area contributed by atoms with Crippen molar-refractivity contribution in [2.45, 2.75) is 26.5 Å². The van der Waals surface area contributed by atoms with Gasteiger partial charge >= 0.3 is 0 Å². The van der Waals surface area contributed by atoms with E-state index in [1.54, 1.807) is 7.11 Å². The molecule has 0 aliphatic rings. The second-order valence-corrected chi connectivity index (χ2v) is 6.44. The second-order valence-electron chi connectivity index (χ2n) is 6.44. The number of aliphatic hydroxyl groups excluding tert-OH is 1. The SMILES string of the molecule is COc1ccc(OC[C@H](O)Cn2c[n+](C)c3cc(C)c(C)cc32)cc1. The normalized spacial score (nSPS) is 12.4. The Morgan fingerprint density at radius 3 is 2.40 bits per heavy atom. The molecule has 0 amide bonds. The first-order valence-electron chi connectivity index (χ1n) is 8.38. The molecule has 5 heteroatoms. The van der Waals surface area contributed by atoms with Crippen LogP contribution in [0.15, 0.2) is 42.7 Å². The van der Waals surface area contributed by atoms with Gasteiger partial charge in [-0.25, -0.2) is 9.13 Å². The minimum Gasteiger partial charge on any atom is -0.497 e. The molecule has 1 heterocycles. The van der Waals surface area contributed by atoms with Gasteiger partial charge in [-0.05, 0) is 61.4 Å². The smallest absolute Gasteiger partial charge is 0.244 e. The Morgan fingerprint density at radius 2 is 1.72 bits per heavy atom. The molecular weight excluding hydrogens is 316 g/mol. The fourth-order valence-electron chi connectivity index (χ4n) is 2.92. The maximum absolute atomic E-state index is 10.4. The molecule has 2 aromatic carbocycles. The molecule has 0 saturated heterocycles. The van der Waals surface area contributed by atoms with Crippen LogP contribution in [0.2, 0.25) is 0 Å². The van der Waals surface area contributed by atoms with E-state index < -0.39 is 6.10 Å². The van der Waals surface area contributed by atoms with Gasteiger partial charge in [-0.2, -0.15) is 0 Å². The van der Waals surface area contributed by atoms with E-state index in [-0.39, 0.29) is 6.61 Å². The number of ether oxygens (including phenoxy) is 2. The highest BCUT2D eigenvalue weighted by Gasteiger charge is 2.18. The zero-order valence-corrected chi connectivity index (χ0v) is 15.2. The lowest BCUT2D eigenvalue weighted by Gasteiger charge is -2.11. The van der Waals surface area contributed by atoms with Gasteiger partial charge in [0, 0.05) is 0 Å². The molecule has 0 unspecified atom stereocenters. The number of rotatable bonds is 6. The lowest BCUT2D eigenvalue weighted by molar-refractivity contribution is -0.645. The molecule has 1 aromatic heterocycles. The fourth-order valence-corrected chi connectivity index (χ4v) is 2.92. The van der Waals surface area contributed by atoms with Crippen molar-refractivity contribution in [2.24, 2.45) is 7.05 Å². The van der Waals surface area contributed by atoms with E-state index in [4.69, 9.17) is 9.47 Å². The van der Waals surface area contributed by atoms with Crippen molar-refractivity contribution in [3.63, 3.8) is 0 Å². The first-order chi connectivity index (χ1) is 12.0. The molecule has 3 rings (SSSR count). The van der Waals surface area contributed by atoms with Crippen molar-refractivity contribution in [1.82, 2.24) is 4.57 Å². The van der Waals surface area contributed by atoms with Crippen molar-refractivity contribution >= 4 is 11.0 Å². The standard InChI is InChI=1S/C20H25N2O3/c1-14-9-19-20(10-15(14)2)22(13-21(19)3)11-16(23)12-25-18-7-5-17(24-4)6-8-18/h5-10,13,16,23H,11-12H2,1-4H3/q+1/t16-/m1/s1. The number of imidazole rings is 1. The largest absolute Gasteiger partial charge is 0.497 e. The van der Waals surface area contributed by atoms with E-state index in [9.17, 15) is 5.11 Å². The molecule has 0 fully saturated rings. The minimum absolute atomic E-state index is 0.237. The lowest BCUT2D eigenvalue weighted by atomic mass is 10.1. The third-order valence-electron chi connectivity index (χ3n) is 4.50. The van der Waals surface area contributed by atoms with Crippen LogP contribution in [0, 0.1) is 13.8 Å². The van der Waals surface area contributed by atoms with Crippen LogP contribution in [0.25, 0.3) is 11.0 Å². The third-order valence-corrected chi connectivity index (χ3v) is 4.50. The van der Waals surface area contributed by atoms with Crippen molar-refractivity contribution in [3.05, 3.63) is 53.9 Å². The van der Waals surface area contributed by atoms with Gasteiger partial charge < -0.3 is 14.6 Å². The fraction of sp³-hybridized carbons (Fsp3) is 0.350. The number of aromatic nitrogens is 2. The first-order valence-corrected chi connectivity index (χ1v) is 8.38. The quantitative estimate of drug-likeness (QED) is 0.701. The van der Waals surface area contributed by atoms with Crippen LogP contribution < -0.4 is 14.0 Å². The Morgan fingerprint density at radius 1 is 1.08 bits per heavy atom. The highest BCUT2D eigenvalue weighted by molar-refractivity contribution is 5.74. The lowest BCUT2D eigenvalue weighted by Crippen LogP contribution is -2.27. The van der Waals surface area contributed by atoms with Gasteiger partial charge in [0.1, 0.15) is 30.8 Å². The minimum atomic E-state index is -0.598. The van der Waals surface area contributed by atoms with Crippen LogP contribution in [-0.4, -0.2) is 29.5 Å². The molecule has 5 nitrogen and oxygen atoms in total. The number of aliphatic hydroxyl groups is 1. The van der Waals surface area contributed by atoms with E-state index in [0.717, 1.165) is 16.8 Å². The summed E-state index contributed by atoms with van der Waals surface area (Å²) in [5, 5.41) is 10.4. The summed E-state index contributed by atoms with van der Waals surface area (Å²) in [6, 6.07) is 11.7. The second kappa shape index (κ2) is 7.15. The predicted molar refractivity (Wildman–Crippen MR) is 97.1 cm³/mol. The van der Waals surface area contributed by atoms with Gasteiger partial charge in [-0.15, -0.1) is 0 Å². The average molecular weight is 341 g/mol. The third kappa shape index (κ3) is 3.77. The molecule has 0 aliphatic carbocycles. The van der Waals surface area contributed by atoms with E-state index in [1.165, 1.54) is 11.1 Å². The summed E-state index contributed by atoms with van der Waals surface area (Å²) in [4.78, 5) is 0. The van der Waals surface area contributed by atoms with Gasteiger partial charge in [0.25, 0.3) is 0 Å². The summed E-state index contributed by atoms with van der Waals surface area (Å²) in [6.45, 7) is 4.94. The van der Waals surface area contributed by atoms with Crippen LogP contribution in [0.5, 0.6) is 11.5 Å². The Kier molecular flexibility index (Phi) is 4.95. The summed E-state index contributed by atoms with van der Waals surface area (Å²) in [5.74, 6) is 1.50. The maximum Gasteiger partial charge on any atom is 0.244 e. The van der Waals surface area contributed by atoms with Crippen LogP contribution in [0.1, 0.15) is 11.1 Å². The van der Waals surface area contributed by atoms with Crippen molar-refractivity contribution in [2.75, 3.05) is 13.7 Å². The summed E-state index contributed by atoms with van der Waals surface area (Å²) in [6.07, 6.45) is 1.42. The molecule has 1 atom stereocenters. The Bertz CT molecular complexity index is 869. The molecule has 0 bridgehead atoms. The molecule has 1 N–H and O–H groups in total. The number of nitrogens with zero attached hydrogens (tertiary/aromatic N) is 2. The first kappa shape index (κ1) is 17.3. The number of hydrogen-bond donors (Lipinski definition) is 1. The molecule has 0 spiro atoms. The Labute approximate surface area is 148 Å². The number of methoxy groups -OCH3 is 1. The van der Waals surface area contributed by atoms with Gasteiger partial charge in [0.2, 0.25) is 6.33 Å². The highest BCUT2D eigenvalue weighted by atomic mass is 16.5. The van der Waals surface area contributed by atoms with Crippen LogP contribution in [-0.2, 0) is 13.6 Å². The molecule has 0 radical (unpaired) electrons. The van der Waals surface area contributed by atoms with E-state index >= 15 is 0 Å². The summed E-state index contributed by atoms with van der Waals surface area (Å²) in [5.41, 5.74) is 4.79. The van der Waals surface area contributed by atoms with Crippen LogP contribution >= 0.6 is 0 Å². The molecule has 0 aliphatic heterocycles. The number of hydrogen-bond acceptors (Lipinski definition) is 3. The van der Waals surface area contributed by atoms with Gasteiger partial charge in [-0.1, -0.05) is 0 Å². The number of aryl methyl sites for hydroxylation is 3. The Balaban J connectivity index is 1.69. The molecule has 25 heavy (non-hydrogen) atoms. The van der Waals surface area contributed by atoms with Gasteiger partial charge in [0.05, 0.1) is 14.2 Å². The zero-order chi connectivity index (χ0) is 18.0. The molecular formula is C20H25N2O3+. The number of fused-ring (bicyclic) bond motifs is 1. The van der Waals surface area contributed by atoms with Crippen LogP contribution in [0.4, 0.5) is 0 Å².